The lowest BCUT2D eigenvalue weighted by atomic mass is 9.77. The Bertz CT molecular complexity index is 1500. The van der Waals surface area contributed by atoms with Gasteiger partial charge in [0.15, 0.2) is 6.61 Å². The van der Waals surface area contributed by atoms with Gasteiger partial charge in [-0.2, -0.15) is 13.2 Å². The van der Waals surface area contributed by atoms with Gasteiger partial charge in [-0.3, -0.25) is 0 Å². The van der Waals surface area contributed by atoms with Crippen molar-refractivity contribution in [1.29, 1.82) is 0 Å². The number of pyridine rings is 2. The van der Waals surface area contributed by atoms with Gasteiger partial charge in [-0.1, -0.05) is 41.5 Å². The molecule has 14 heteroatoms. The van der Waals surface area contributed by atoms with Crippen LogP contribution in [0.3, 0.4) is 0 Å². The number of halogens is 3. The number of hydrogen-bond acceptors (Lipinski definition) is 9. The summed E-state index contributed by atoms with van der Waals surface area (Å²) in [6.45, 7) is 23.7. The quantitative estimate of drug-likeness (QED) is 0.253. The predicted molar refractivity (Wildman–Crippen MR) is 178 cm³/mol. The highest BCUT2D eigenvalue weighted by Gasteiger charge is 2.55. The molecular formula is C34H49B2F3N2O7. The molecule has 4 heterocycles. The lowest BCUT2D eigenvalue weighted by Crippen LogP contribution is -2.45. The summed E-state index contributed by atoms with van der Waals surface area (Å²) >= 11 is 0. The topological polar surface area (TPSA) is 98.2 Å². The number of carbonyl (C=O) groups excluding carboxylic acids is 1. The van der Waals surface area contributed by atoms with E-state index in [4.69, 9.17) is 28.1 Å². The number of hydrogen-bond donors (Lipinski definition) is 0. The fourth-order valence-electron chi connectivity index (χ4n) is 5.13. The first-order valence-corrected chi connectivity index (χ1v) is 16.3. The molecule has 2 aliphatic heterocycles. The molecule has 2 fully saturated rings. The van der Waals surface area contributed by atoms with Crippen molar-refractivity contribution in [2.45, 2.75) is 136 Å². The van der Waals surface area contributed by atoms with E-state index in [1.54, 1.807) is 12.1 Å². The maximum atomic E-state index is 13.4. The zero-order chi connectivity index (χ0) is 36.3. The largest absolute Gasteiger partial charge is 0.495 e. The summed E-state index contributed by atoms with van der Waals surface area (Å²) < 4.78 is 74.8. The van der Waals surface area contributed by atoms with Gasteiger partial charge < -0.3 is 28.1 Å². The molecule has 0 spiro atoms. The minimum Gasteiger partial charge on any atom is -0.468 e. The molecule has 0 N–H and O–H groups in total. The molecule has 0 amide bonds. The smallest absolute Gasteiger partial charge is 0.468 e. The molecule has 264 valence electrons. The van der Waals surface area contributed by atoms with Crippen LogP contribution in [0.15, 0.2) is 24.3 Å². The van der Waals surface area contributed by atoms with Gasteiger partial charge in [-0.25, -0.2) is 14.8 Å². The van der Waals surface area contributed by atoms with E-state index < -0.39 is 60.8 Å². The second-order valence-corrected chi connectivity index (χ2v) is 16.5. The number of nitrogens with zero attached hydrogens (tertiary/aromatic N) is 2. The first kappa shape index (κ1) is 38.1. The SMILES string of the molecule is CC(C)(C)c1cc(B2OC(C)(C)C(C)(CCOC(=O)c3cc(B4OC(C)(C)C(C)(C)O4)cc(C(C)(C)C)n3)O2)cc(OCC(F)(F)F)n1. The van der Waals surface area contributed by atoms with Crippen LogP contribution in [0.4, 0.5) is 13.2 Å². The second kappa shape index (κ2) is 12.6. The average Bonchev–Trinajstić information content (AvgIpc) is 3.31. The molecule has 0 radical (unpaired) electrons. The Balaban J connectivity index is 1.51. The maximum absolute atomic E-state index is 13.4. The first-order valence-electron chi connectivity index (χ1n) is 16.3. The van der Waals surface area contributed by atoms with E-state index >= 15 is 0 Å². The van der Waals surface area contributed by atoms with E-state index in [2.05, 4.69) is 9.97 Å². The number of aromatic nitrogens is 2. The van der Waals surface area contributed by atoms with Gasteiger partial charge in [0.25, 0.3) is 0 Å². The lowest BCUT2D eigenvalue weighted by molar-refractivity contribution is -0.154. The number of rotatable bonds is 8. The fourth-order valence-corrected chi connectivity index (χ4v) is 5.13. The third kappa shape index (κ3) is 8.37. The van der Waals surface area contributed by atoms with Crippen LogP contribution < -0.4 is 15.7 Å². The standard InChI is InChI=1S/C34H49B2F3N2O7/c1-28(2,3)24-17-21(35-45-30(7,8)31(9,10)46-35)16-23(40-24)27(42)43-15-14-33(13)32(11,12)47-36(48-33)22-18-25(29(4,5)6)41-26(19-22)44-20-34(37,38)39/h16-19H,14-15,20H2,1-13H3. The maximum Gasteiger partial charge on any atom is 0.495 e. The minimum atomic E-state index is -4.52. The molecular weight excluding hydrogens is 627 g/mol. The Kier molecular flexibility index (Phi) is 10.00. The van der Waals surface area contributed by atoms with E-state index in [1.807, 2.05) is 96.1 Å². The van der Waals surface area contributed by atoms with Crippen molar-refractivity contribution in [1.82, 2.24) is 9.97 Å². The Morgan fingerprint density at radius 1 is 0.729 bits per heavy atom. The van der Waals surface area contributed by atoms with E-state index in [0.29, 0.717) is 22.3 Å². The normalized spacial score (nSPS) is 22.2. The summed E-state index contributed by atoms with van der Waals surface area (Å²) in [5, 5.41) is 0. The number of esters is 1. The van der Waals surface area contributed by atoms with Crippen LogP contribution in [0, 0.1) is 0 Å². The van der Waals surface area contributed by atoms with Crippen molar-refractivity contribution in [2.24, 2.45) is 0 Å². The molecule has 2 aromatic heterocycles. The molecule has 48 heavy (non-hydrogen) atoms. The van der Waals surface area contributed by atoms with Crippen LogP contribution in [0.25, 0.3) is 0 Å². The highest BCUT2D eigenvalue weighted by Crippen LogP contribution is 2.40. The second-order valence-electron chi connectivity index (χ2n) is 16.5. The highest BCUT2D eigenvalue weighted by molar-refractivity contribution is 6.62. The molecule has 0 aromatic carbocycles. The Morgan fingerprint density at radius 3 is 1.73 bits per heavy atom. The van der Waals surface area contributed by atoms with Gasteiger partial charge in [-0.15, -0.1) is 0 Å². The van der Waals surface area contributed by atoms with Crippen molar-refractivity contribution in [2.75, 3.05) is 13.2 Å². The summed E-state index contributed by atoms with van der Waals surface area (Å²) in [5.74, 6) is -0.779. The van der Waals surface area contributed by atoms with Gasteiger partial charge in [0.05, 0.1) is 29.0 Å². The van der Waals surface area contributed by atoms with Gasteiger partial charge in [0.2, 0.25) is 5.88 Å². The monoisotopic (exact) mass is 676 g/mol. The molecule has 1 atom stereocenters. The summed E-state index contributed by atoms with van der Waals surface area (Å²) in [6, 6.07) is 6.69. The molecule has 4 rings (SSSR count). The van der Waals surface area contributed by atoms with E-state index in [-0.39, 0.29) is 30.0 Å². The third-order valence-corrected chi connectivity index (χ3v) is 9.45. The van der Waals surface area contributed by atoms with Crippen LogP contribution in [0.1, 0.15) is 118 Å². The number of ether oxygens (including phenoxy) is 2. The van der Waals surface area contributed by atoms with Gasteiger partial charge in [-0.05, 0) is 77.6 Å². The minimum absolute atomic E-state index is 0.00831. The van der Waals surface area contributed by atoms with Crippen LogP contribution in [-0.4, -0.2) is 72.0 Å². The van der Waals surface area contributed by atoms with Crippen molar-refractivity contribution in [3.63, 3.8) is 0 Å². The zero-order valence-corrected chi connectivity index (χ0v) is 30.5. The van der Waals surface area contributed by atoms with Crippen LogP contribution in [0.2, 0.25) is 0 Å². The molecule has 0 bridgehead atoms. The average molecular weight is 676 g/mol. The molecule has 9 nitrogen and oxygen atoms in total. The summed E-state index contributed by atoms with van der Waals surface area (Å²) in [5.41, 5.74) is -1.28. The third-order valence-electron chi connectivity index (χ3n) is 9.45. The van der Waals surface area contributed by atoms with E-state index in [0.717, 1.165) is 0 Å². The molecule has 2 aliphatic rings. The van der Waals surface area contributed by atoms with Crippen molar-refractivity contribution >= 4 is 31.1 Å². The van der Waals surface area contributed by atoms with Gasteiger partial charge in [0, 0.05) is 34.7 Å². The van der Waals surface area contributed by atoms with Crippen LogP contribution >= 0.6 is 0 Å². The Labute approximate surface area is 283 Å². The molecule has 1 unspecified atom stereocenters. The first-order chi connectivity index (χ1) is 21.6. The highest BCUT2D eigenvalue weighted by atomic mass is 19.4. The summed E-state index contributed by atoms with van der Waals surface area (Å²) in [4.78, 5) is 22.4. The fraction of sp³-hybridized carbons (Fsp3) is 0.676. The number of carbonyl (C=O) groups is 1. The van der Waals surface area contributed by atoms with Crippen LogP contribution in [0.5, 0.6) is 5.88 Å². The Morgan fingerprint density at radius 2 is 1.21 bits per heavy atom. The Hall–Kier alpha value is -2.67. The van der Waals surface area contributed by atoms with Gasteiger partial charge in [0.1, 0.15) is 5.69 Å². The van der Waals surface area contributed by atoms with Crippen molar-refractivity contribution < 1.29 is 46.1 Å². The molecule has 0 aliphatic carbocycles. The van der Waals surface area contributed by atoms with E-state index in [1.165, 1.54) is 6.07 Å². The van der Waals surface area contributed by atoms with Crippen molar-refractivity contribution in [3.05, 3.63) is 41.3 Å². The zero-order valence-electron chi connectivity index (χ0n) is 30.5. The van der Waals surface area contributed by atoms with E-state index in [9.17, 15) is 18.0 Å². The molecule has 2 aromatic rings. The molecule has 2 saturated heterocycles. The summed E-state index contributed by atoms with van der Waals surface area (Å²) in [6.07, 6.45) is -4.26. The molecule has 0 saturated carbocycles. The summed E-state index contributed by atoms with van der Waals surface area (Å²) in [7, 11) is -1.61. The van der Waals surface area contributed by atoms with Gasteiger partial charge >= 0.3 is 26.4 Å². The van der Waals surface area contributed by atoms with Crippen LogP contribution in [-0.2, 0) is 34.2 Å². The van der Waals surface area contributed by atoms with Crippen molar-refractivity contribution in [3.8, 4) is 5.88 Å². The number of alkyl halides is 3. The lowest BCUT2D eigenvalue weighted by Gasteiger charge is -2.36. The predicted octanol–water partition coefficient (Wildman–Crippen LogP) is 5.84.